The molecule has 0 amide bonds. The highest BCUT2D eigenvalue weighted by Crippen LogP contribution is 2.24. The topological polar surface area (TPSA) is 43.4 Å². The molecule has 0 aliphatic carbocycles. The Morgan fingerprint density at radius 1 is 1.47 bits per heavy atom. The Balaban J connectivity index is 2.76. The van der Waals surface area contributed by atoms with Crippen LogP contribution in [0.1, 0.15) is 23.7 Å². The van der Waals surface area contributed by atoms with Gasteiger partial charge in [0.25, 0.3) is 0 Å². The first-order valence-corrected chi connectivity index (χ1v) is 6.19. The van der Waals surface area contributed by atoms with E-state index in [0.29, 0.717) is 15.1 Å². The summed E-state index contributed by atoms with van der Waals surface area (Å²) >= 11 is 9.08. The average molecular weight is 320 g/mol. The summed E-state index contributed by atoms with van der Waals surface area (Å²) in [6.45, 7) is 1.66. The van der Waals surface area contributed by atoms with Crippen LogP contribution in [0.25, 0.3) is 0 Å². The first-order chi connectivity index (χ1) is 7.95. The fraction of sp³-hybridized carbons (Fsp3) is 0.333. The van der Waals surface area contributed by atoms with Gasteiger partial charge in [-0.25, -0.2) is 0 Å². The van der Waals surface area contributed by atoms with E-state index >= 15 is 0 Å². The number of hydrogen-bond donors (Lipinski definition) is 0. The van der Waals surface area contributed by atoms with Gasteiger partial charge in [-0.05, 0) is 34.1 Å². The van der Waals surface area contributed by atoms with Gasteiger partial charge >= 0.3 is 5.97 Å². The molecule has 1 rings (SSSR count). The van der Waals surface area contributed by atoms with Crippen LogP contribution >= 0.6 is 27.5 Å². The number of rotatable bonds is 4. The fourth-order valence-corrected chi connectivity index (χ4v) is 1.85. The van der Waals surface area contributed by atoms with Crippen molar-refractivity contribution < 1.29 is 14.3 Å². The molecule has 0 saturated carbocycles. The van der Waals surface area contributed by atoms with Crippen molar-refractivity contribution in [1.29, 1.82) is 0 Å². The zero-order chi connectivity index (χ0) is 13.0. The van der Waals surface area contributed by atoms with Gasteiger partial charge in [0, 0.05) is 16.5 Å². The van der Waals surface area contributed by atoms with Gasteiger partial charge in [0.05, 0.1) is 18.1 Å². The number of carbonyl (C=O) groups is 2. The van der Waals surface area contributed by atoms with Gasteiger partial charge in [0.15, 0.2) is 5.78 Å². The summed E-state index contributed by atoms with van der Waals surface area (Å²) in [6, 6.07) is 4.93. The van der Waals surface area contributed by atoms with Crippen molar-refractivity contribution in [3.05, 3.63) is 33.3 Å². The van der Waals surface area contributed by atoms with Gasteiger partial charge in [-0.1, -0.05) is 18.5 Å². The molecular formula is C12H12BrClO3. The molecule has 0 bridgehead atoms. The van der Waals surface area contributed by atoms with Gasteiger partial charge < -0.3 is 4.74 Å². The molecule has 1 atom stereocenters. The van der Waals surface area contributed by atoms with Gasteiger partial charge in [0.1, 0.15) is 0 Å². The molecule has 0 fully saturated rings. The lowest BCUT2D eigenvalue weighted by Gasteiger charge is -2.08. The van der Waals surface area contributed by atoms with E-state index in [9.17, 15) is 9.59 Å². The number of carbonyl (C=O) groups excluding carboxylic acids is 2. The molecule has 0 N–H and O–H groups in total. The van der Waals surface area contributed by atoms with E-state index in [1.54, 1.807) is 25.1 Å². The number of ether oxygens (including phenoxy) is 1. The normalized spacial score (nSPS) is 12.0. The minimum absolute atomic E-state index is 0.111. The zero-order valence-corrected chi connectivity index (χ0v) is 11.8. The smallest absolute Gasteiger partial charge is 0.308 e. The lowest BCUT2D eigenvalue weighted by atomic mass is 10.00. The maximum absolute atomic E-state index is 11.9. The number of benzene rings is 1. The predicted molar refractivity (Wildman–Crippen MR) is 69.3 cm³/mol. The second kappa shape index (κ2) is 6.17. The zero-order valence-electron chi connectivity index (χ0n) is 9.50. The maximum atomic E-state index is 11.9. The number of halogens is 2. The molecule has 0 aliphatic rings. The predicted octanol–water partition coefficient (Wildman–Crippen LogP) is 3.48. The van der Waals surface area contributed by atoms with Crippen LogP contribution in [0.5, 0.6) is 0 Å². The van der Waals surface area contributed by atoms with E-state index in [-0.39, 0.29) is 18.2 Å². The summed E-state index contributed by atoms with van der Waals surface area (Å²) in [7, 11) is 1.31. The van der Waals surface area contributed by atoms with Crippen molar-refractivity contribution in [1.82, 2.24) is 0 Å². The van der Waals surface area contributed by atoms with E-state index in [2.05, 4.69) is 20.7 Å². The van der Waals surface area contributed by atoms with Crippen LogP contribution in [-0.4, -0.2) is 18.9 Å². The summed E-state index contributed by atoms with van der Waals surface area (Å²) in [5.74, 6) is -0.936. The molecular weight excluding hydrogens is 307 g/mol. The van der Waals surface area contributed by atoms with E-state index in [4.69, 9.17) is 11.6 Å². The Morgan fingerprint density at radius 3 is 2.65 bits per heavy atom. The van der Waals surface area contributed by atoms with Gasteiger partial charge in [-0.2, -0.15) is 0 Å². The second-order valence-corrected chi connectivity index (χ2v) is 4.94. The highest BCUT2D eigenvalue weighted by Gasteiger charge is 2.18. The SMILES string of the molecule is COC(=O)C(C)CC(=O)c1ccc(Cl)c(Br)c1. The lowest BCUT2D eigenvalue weighted by Crippen LogP contribution is -2.16. The Kier molecular flexibility index (Phi) is 5.15. The van der Waals surface area contributed by atoms with Crippen molar-refractivity contribution in [2.75, 3.05) is 7.11 Å². The average Bonchev–Trinajstić information content (AvgIpc) is 2.31. The summed E-state index contributed by atoms with van der Waals surface area (Å²) in [6.07, 6.45) is 0.126. The maximum Gasteiger partial charge on any atom is 0.308 e. The number of ketones is 1. The number of methoxy groups -OCH3 is 1. The molecule has 0 saturated heterocycles. The standard InChI is InChI=1S/C12H12BrClO3/c1-7(12(16)17-2)5-11(15)8-3-4-10(14)9(13)6-8/h3-4,6-7H,5H2,1-2H3. The van der Waals surface area contributed by atoms with Crippen LogP contribution in [0.3, 0.4) is 0 Å². The first kappa shape index (κ1) is 14.2. The summed E-state index contributed by atoms with van der Waals surface area (Å²) < 4.78 is 5.23. The number of Topliss-reactive ketones (excluding diaryl/α,β-unsaturated/α-hetero) is 1. The Labute approximate surface area is 113 Å². The molecule has 92 valence electrons. The van der Waals surface area contributed by atoms with Crippen molar-refractivity contribution in [2.24, 2.45) is 5.92 Å². The van der Waals surface area contributed by atoms with Crippen LogP contribution in [0.15, 0.2) is 22.7 Å². The second-order valence-electron chi connectivity index (χ2n) is 3.68. The molecule has 0 heterocycles. The summed E-state index contributed by atoms with van der Waals surface area (Å²) in [5, 5.41) is 0.544. The Morgan fingerprint density at radius 2 is 2.12 bits per heavy atom. The number of hydrogen-bond acceptors (Lipinski definition) is 3. The molecule has 0 radical (unpaired) electrons. The van der Waals surface area contributed by atoms with E-state index in [1.807, 2.05) is 0 Å². The molecule has 3 nitrogen and oxygen atoms in total. The van der Waals surface area contributed by atoms with E-state index in [1.165, 1.54) is 7.11 Å². The lowest BCUT2D eigenvalue weighted by molar-refractivity contribution is -0.144. The third-order valence-corrected chi connectivity index (χ3v) is 3.55. The van der Waals surface area contributed by atoms with Crippen molar-refractivity contribution in [3.63, 3.8) is 0 Å². The minimum Gasteiger partial charge on any atom is -0.469 e. The molecule has 1 aromatic rings. The fourth-order valence-electron chi connectivity index (χ4n) is 1.35. The number of esters is 1. The first-order valence-electron chi connectivity index (χ1n) is 5.01. The monoisotopic (exact) mass is 318 g/mol. The Hall–Kier alpha value is -0.870. The van der Waals surface area contributed by atoms with Gasteiger partial charge in [-0.3, -0.25) is 9.59 Å². The highest BCUT2D eigenvalue weighted by molar-refractivity contribution is 9.10. The van der Waals surface area contributed by atoms with Crippen LogP contribution in [0.4, 0.5) is 0 Å². The van der Waals surface area contributed by atoms with E-state index in [0.717, 1.165) is 0 Å². The molecule has 0 aromatic heterocycles. The van der Waals surface area contributed by atoms with Gasteiger partial charge in [-0.15, -0.1) is 0 Å². The van der Waals surface area contributed by atoms with Crippen molar-refractivity contribution in [2.45, 2.75) is 13.3 Å². The van der Waals surface area contributed by atoms with Crippen LogP contribution in [-0.2, 0) is 9.53 Å². The minimum atomic E-state index is -0.443. The van der Waals surface area contributed by atoms with Crippen molar-refractivity contribution in [3.8, 4) is 0 Å². The van der Waals surface area contributed by atoms with Crippen molar-refractivity contribution >= 4 is 39.3 Å². The van der Waals surface area contributed by atoms with Crippen LogP contribution in [0.2, 0.25) is 5.02 Å². The largest absolute Gasteiger partial charge is 0.469 e. The quantitative estimate of drug-likeness (QED) is 0.630. The molecule has 17 heavy (non-hydrogen) atoms. The van der Waals surface area contributed by atoms with Crippen LogP contribution in [0, 0.1) is 5.92 Å². The third-order valence-electron chi connectivity index (χ3n) is 2.34. The summed E-state index contributed by atoms with van der Waals surface area (Å²) in [5.41, 5.74) is 0.525. The third kappa shape index (κ3) is 3.82. The molecule has 1 aromatic carbocycles. The van der Waals surface area contributed by atoms with Crippen LogP contribution < -0.4 is 0 Å². The van der Waals surface area contributed by atoms with E-state index < -0.39 is 5.92 Å². The summed E-state index contributed by atoms with van der Waals surface area (Å²) in [4.78, 5) is 23.1. The molecule has 5 heteroatoms. The highest BCUT2D eigenvalue weighted by atomic mass is 79.9. The molecule has 0 spiro atoms. The molecule has 1 unspecified atom stereocenters. The Bertz CT molecular complexity index is 445. The van der Waals surface area contributed by atoms with Gasteiger partial charge in [0.2, 0.25) is 0 Å². The molecule has 0 aliphatic heterocycles.